The summed E-state index contributed by atoms with van der Waals surface area (Å²) in [5.74, 6) is 0.787. The van der Waals surface area contributed by atoms with Crippen LogP contribution in [0, 0.1) is 5.92 Å². The molecule has 0 aliphatic carbocycles. The molecule has 2 fully saturated rings. The molecule has 2 saturated heterocycles. The number of aromatic nitrogens is 2. The number of hydrogen-bond donors (Lipinski definition) is 0. The van der Waals surface area contributed by atoms with Gasteiger partial charge in [0.1, 0.15) is 0 Å². The maximum Gasteiger partial charge on any atom is 0.263 e. The lowest BCUT2D eigenvalue weighted by Gasteiger charge is -2.37. The van der Waals surface area contributed by atoms with E-state index >= 15 is 0 Å². The lowest BCUT2D eigenvalue weighted by atomic mass is 9.92. The SMILES string of the molecule is CN1C(Cn2cccn2)C[C@H]2CN(C(=O)c3cccs3)CC[C@H]21. The van der Waals surface area contributed by atoms with Crippen LogP contribution in [0.25, 0.3) is 0 Å². The Morgan fingerprint density at radius 2 is 2.35 bits per heavy atom. The summed E-state index contributed by atoms with van der Waals surface area (Å²) >= 11 is 1.54. The lowest BCUT2D eigenvalue weighted by Crippen LogP contribution is -2.47. The van der Waals surface area contributed by atoms with Crippen molar-refractivity contribution < 1.29 is 4.79 Å². The molecular formula is C17H22N4OS. The zero-order valence-corrected chi connectivity index (χ0v) is 14.2. The topological polar surface area (TPSA) is 41.4 Å². The third kappa shape index (κ3) is 2.81. The molecule has 2 aromatic heterocycles. The number of likely N-dealkylation sites (N-methyl/N-ethyl adjacent to an activating group) is 1. The molecule has 0 aromatic carbocycles. The molecule has 0 radical (unpaired) electrons. The molecule has 2 aliphatic rings. The fourth-order valence-corrected chi connectivity index (χ4v) is 4.83. The maximum atomic E-state index is 12.6. The molecule has 23 heavy (non-hydrogen) atoms. The molecular weight excluding hydrogens is 308 g/mol. The first-order chi connectivity index (χ1) is 11.2. The Hall–Kier alpha value is -1.66. The van der Waals surface area contributed by atoms with Crippen LogP contribution in [-0.4, -0.2) is 57.7 Å². The molecule has 2 aromatic rings. The van der Waals surface area contributed by atoms with Gasteiger partial charge in [0, 0.05) is 37.6 Å². The Labute approximate surface area is 140 Å². The number of amides is 1. The number of thiophene rings is 1. The van der Waals surface area contributed by atoms with Crippen molar-refractivity contribution in [2.45, 2.75) is 31.5 Å². The van der Waals surface area contributed by atoms with Crippen molar-refractivity contribution in [1.82, 2.24) is 19.6 Å². The van der Waals surface area contributed by atoms with E-state index in [0.717, 1.165) is 37.4 Å². The van der Waals surface area contributed by atoms with Gasteiger partial charge in [-0.2, -0.15) is 5.10 Å². The van der Waals surface area contributed by atoms with Crippen LogP contribution in [0.2, 0.25) is 0 Å². The highest BCUT2D eigenvalue weighted by molar-refractivity contribution is 7.12. The fourth-order valence-electron chi connectivity index (χ4n) is 4.14. The van der Waals surface area contributed by atoms with Crippen LogP contribution in [0.5, 0.6) is 0 Å². The average molecular weight is 330 g/mol. The minimum absolute atomic E-state index is 0.205. The summed E-state index contributed by atoms with van der Waals surface area (Å²) < 4.78 is 2.02. The summed E-state index contributed by atoms with van der Waals surface area (Å²) in [5, 5.41) is 6.31. The predicted molar refractivity (Wildman–Crippen MR) is 90.5 cm³/mol. The van der Waals surface area contributed by atoms with Crippen LogP contribution in [0.3, 0.4) is 0 Å². The number of nitrogens with zero attached hydrogens (tertiary/aromatic N) is 4. The first-order valence-corrected chi connectivity index (χ1v) is 9.12. The van der Waals surface area contributed by atoms with Gasteiger partial charge >= 0.3 is 0 Å². The summed E-state index contributed by atoms with van der Waals surface area (Å²) in [6.07, 6.45) is 6.09. The Kier molecular flexibility index (Phi) is 3.95. The highest BCUT2D eigenvalue weighted by Crippen LogP contribution is 2.35. The van der Waals surface area contributed by atoms with Crippen molar-refractivity contribution >= 4 is 17.2 Å². The Balaban J connectivity index is 1.43. The number of hydrogen-bond acceptors (Lipinski definition) is 4. The summed E-state index contributed by atoms with van der Waals surface area (Å²) in [6.45, 7) is 2.70. The van der Waals surface area contributed by atoms with E-state index in [1.54, 1.807) is 11.3 Å². The first-order valence-electron chi connectivity index (χ1n) is 8.24. The van der Waals surface area contributed by atoms with Crippen LogP contribution in [-0.2, 0) is 6.54 Å². The van der Waals surface area contributed by atoms with Gasteiger partial charge in [-0.1, -0.05) is 6.07 Å². The average Bonchev–Trinajstić information content (AvgIpc) is 3.30. The first kappa shape index (κ1) is 14.9. The summed E-state index contributed by atoms with van der Waals surface area (Å²) in [6, 6.07) is 6.97. The molecule has 0 saturated carbocycles. The van der Waals surface area contributed by atoms with Gasteiger partial charge < -0.3 is 4.90 Å². The Morgan fingerprint density at radius 3 is 3.09 bits per heavy atom. The van der Waals surface area contributed by atoms with Crippen molar-refractivity contribution in [3.05, 3.63) is 40.8 Å². The molecule has 0 spiro atoms. The third-order valence-electron chi connectivity index (χ3n) is 5.34. The maximum absolute atomic E-state index is 12.6. The molecule has 4 heterocycles. The van der Waals surface area contributed by atoms with E-state index in [1.165, 1.54) is 0 Å². The van der Waals surface area contributed by atoms with E-state index in [1.807, 2.05) is 40.7 Å². The molecule has 2 aliphatic heterocycles. The second kappa shape index (κ2) is 6.09. The van der Waals surface area contributed by atoms with Crippen LogP contribution in [0.4, 0.5) is 0 Å². The van der Waals surface area contributed by atoms with E-state index < -0.39 is 0 Å². The number of fused-ring (bicyclic) bond motifs is 1. The van der Waals surface area contributed by atoms with E-state index in [-0.39, 0.29) is 5.91 Å². The van der Waals surface area contributed by atoms with Crippen LogP contribution < -0.4 is 0 Å². The van der Waals surface area contributed by atoms with Gasteiger partial charge in [0.25, 0.3) is 5.91 Å². The van der Waals surface area contributed by atoms with Crippen molar-refractivity contribution in [2.24, 2.45) is 5.92 Å². The largest absolute Gasteiger partial charge is 0.338 e. The smallest absolute Gasteiger partial charge is 0.263 e. The van der Waals surface area contributed by atoms with Gasteiger partial charge in [-0.15, -0.1) is 11.3 Å². The Morgan fingerprint density at radius 1 is 1.43 bits per heavy atom. The number of piperidine rings is 1. The highest BCUT2D eigenvalue weighted by atomic mass is 32.1. The van der Waals surface area contributed by atoms with Gasteiger partial charge in [0.2, 0.25) is 0 Å². The molecule has 0 N–H and O–H groups in total. The molecule has 6 heteroatoms. The Bertz CT molecular complexity index is 654. The van der Waals surface area contributed by atoms with Crippen LogP contribution in [0.15, 0.2) is 36.0 Å². The number of rotatable bonds is 3. The number of carbonyl (C=O) groups is 1. The van der Waals surface area contributed by atoms with Gasteiger partial charge in [0.05, 0.1) is 11.4 Å². The second-order valence-corrected chi connectivity index (χ2v) is 7.58. The summed E-state index contributed by atoms with van der Waals surface area (Å²) in [4.78, 5) is 18.0. The molecule has 1 unspecified atom stereocenters. The van der Waals surface area contributed by atoms with Gasteiger partial charge in [-0.25, -0.2) is 0 Å². The van der Waals surface area contributed by atoms with Crippen molar-refractivity contribution in [2.75, 3.05) is 20.1 Å². The van der Waals surface area contributed by atoms with E-state index in [0.29, 0.717) is 18.0 Å². The second-order valence-electron chi connectivity index (χ2n) is 6.63. The number of likely N-dealkylation sites (tertiary alicyclic amines) is 2. The standard InChI is InChI=1S/C17H22N4OS/c1-19-14(12-21-7-3-6-18-21)10-13-11-20(8-5-15(13)19)17(22)16-4-2-9-23-16/h2-4,6-7,9,13-15H,5,8,10-12H2,1H3/t13-,14?,15+/m0/s1. The number of carbonyl (C=O) groups excluding carboxylic acids is 1. The normalized spacial score (nSPS) is 28.0. The molecule has 122 valence electrons. The van der Waals surface area contributed by atoms with Crippen molar-refractivity contribution in [3.63, 3.8) is 0 Å². The monoisotopic (exact) mass is 330 g/mol. The van der Waals surface area contributed by atoms with Crippen molar-refractivity contribution in [3.8, 4) is 0 Å². The lowest BCUT2D eigenvalue weighted by molar-refractivity contribution is 0.0611. The third-order valence-corrected chi connectivity index (χ3v) is 6.20. The molecule has 0 bridgehead atoms. The minimum Gasteiger partial charge on any atom is -0.338 e. The highest BCUT2D eigenvalue weighted by Gasteiger charge is 2.43. The molecule has 3 atom stereocenters. The van der Waals surface area contributed by atoms with Crippen LogP contribution in [0.1, 0.15) is 22.5 Å². The van der Waals surface area contributed by atoms with Gasteiger partial charge in [0.15, 0.2) is 0 Å². The van der Waals surface area contributed by atoms with Crippen molar-refractivity contribution in [1.29, 1.82) is 0 Å². The fraction of sp³-hybridized carbons (Fsp3) is 0.529. The predicted octanol–water partition coefficient (Wildman–Crippen LogP) is 2.18. The van der Waals surface area contributed by atoms with Gasteiger partial charge in [-0.3, -0.25) is 14.4 Å². The molecule has 4 rings (SSSR count). The molecule has 1 amide bonds. The quantitative estimate of drug-likeness (QED) is 0.866. The minimum atomic E-state index is 0.205. The summed E-state index contributed by atoms with van der Waals surface area (Å²) in [5.41, 5.74) is 0. The zero-order valence-electron chi connectivity index (χ0n) is 13.3. The summed E-state index contributed by atoms with van der Waals surface area (Å²) in [7, 11) is 2.23. The zero-order chi connectivity index (χ0) is 15.8. The van der Waals surface area contributed by atoms with E-state index in [2.05, 4.69) is 21.9 Å². The molecule has 5 nitrogen and oxygen atoms in total. The van der Waals surface area contributed by atoms with E-state index in [9.17, 15) is 4.79 Å². The van der Waals surface area contributed by atoms with Gasteiger partial charge in [-0.05, 0) is 43.3 Å². The van der Waals surface area contributed by atoms with Crippen LogP contribution >= 0.6 is 11.3 Å². The van der Waals surface area contributed by atoms with E-state index in [4.69, 9.17) is 0 Å².